The molecule has 0 radical (unpaired) electrons. The van der Waals surface area contributed by atoms with Gasteiger partial charge in [-0.2, -0.15) is 0 Å². The first-order valence-electron chi connectivity index (χ1n) is 6.90. The maximum absolute atomic E-state index is 11.9. The topological polar surface area (TPSA) is 70.6 Å². The van der Waals surface area contributed by atoms with Crippen LogP contribution in [0, 0.1) is 5.41 Å². The molecule has 1 saturated heterocycles. The molecule has 2 unspecified atom stereocenters. The van der Waals surface area contributed by atoms with Crippen LogP contribution >= 0.6 is 0 Å². The highest BCUT2D eigenvalue weighted by molar-refractivity contribution is 5.68. The van der Waals surface area contributed by atoms with Crippen molar-refractivity contribution in [2.24, 2.45) is 5.41 Å². The summed E-state index contributed by atoms with van der Waals surface area (Å²) in [6.07, 6.45) is 4.46. The molecule has 0 aromatic carbocycles. The average Bonchev–Trinajstić information content (AvgIpc) is 2.57. The SMILES string of the molecule is CC(C)(C)OC(=O)NC1C=CC(O)C12CCNCC2. The quantitative estimate of drug-likeness (QED) is 0.625. The van der Waals surface area contributed by atoms with Crippen LogP contribution in [0.3, 0.4) is 0 Å². The smallest absolute Gasteiger partial charge is 0.408 e. The Morgan fingerprint density at radius 2 is 2.00 bits per heavy atom. The van der Waals surface area contributed by atoms with Gasteiger partial charge in [0, 0.05) is 5.41 Å². The molecule has 2 rings (SSSR count). The van der Waals surface area contributed by atoms with Crippen LogP contribution < -0.4 is 10.6 Å². The van der Waals surface area contributed by atoms with E-state index >= 15 is 0 Å². The monoisotopic (exact) mass is 268 g/mol. The molecule has 0 aromatic heterocycles. The lowest BCUT2D eigenvalue weighted by Gasteiger charge is -2.41. The van der Waals surface area contributed by atoms with Gasteiger partial charge in [-0.25, -0.2) is 4.79 Å². The Labute approximate surface area is 114 Å². The maximum Gasteiger partial charge on any atom is 0.408 e. The number of rotatable bonds is 1. The van der Waals surface area contributed by atoms with Crippen LogP contribution in [0.25, 0.3) is 0 Å². The highest BCUT2D eigenvalue weighted by Crippen LogP contribution is 2.41. The molecule has 2 aliphatic rings. The summed E-state index contributed by atoms with van der Waals surface area (Å²) in [5.41, 5.74) is -0.783. The third kappa shape index (κ3) is 3.09. The highest BCUT2D eigenvalue weighted by Gasteiger charge is 2.47. The third-order valence-electron chi connectivity index (χ3n) is 3.90. The third-order valence-corrected chi connectivity index (χ3v) is 3.90. The molecule has 1 aliphatic carbocycles. The van der Waals surface area contributed by atoms with Gasteiger partial charge in [0.15, 0.2) is 0 Å². The zero-order chi connectivity index (χ0) is 14.1. The first kappa shape index (κ1) is 14.3. The van der Waals surface area contributed by atoms with Gasteiger partial charge in [0.05, 0.1) is 12.1 Å². The number of aliphatic hydroxyl groups excluding tert-OH is 1. The summed E-state index contributed by atoms with van der Waals surface area (Å²) < 4.78 is 5.29. The zero-order valence-corrected chi connectivity index (χ0v) is 11.9. The molecule has 2 atom stereocenters. The van der Waals surface area contributed by atoms with E-state index in [4.69, 9.17) is 4.74 Å². The summed E-state index contributed by atoms with van der Waals surface area (Å²) in [5, 5.41) is 16.4. The highest BCUT2D eigenvalue weighted by atomic mass is 16.6. The van der Waals surface area contributed by atoms with E-state index < -0.39 is 17.8 Å². The Kier molecular flexibility index (Phi) is 3.87. The fourth-order valence-electron chi connectivity index (χ4n) is 2.91. The molecular weight excluding hydrogens is 244 g/mol. The second-order valence-corrected chi connectivity index (χ2v) is 6.44. The van der Waals surface area contributed by atoms with Crippen molar-refractivity contribution in [1.29, 1.82) is 0 Å². The lowest BCUT2D eigenvalue weighted by atomic mass is 9.72. The molecule has 0 bridgehead atoms. The number of alkyl carbamates (subject to hydrolysis) is 1. The van der Waals surface area contributed by atoms with Crippen molar-refractivity contribution < 1.29 is 14.6 Å². The maximum atomic E-state index is 11.9. The number of ether oxygens (including phenoxy) is 1. The van der Waals surface area contributed by atoms with E-state index in [0.29, 0.717) is 0 Å². The fourth-order valence-corrected chi connectivity index (χ4v) is 2.91. The van der Waals surface area contributed by atoms with Crippen molar-refractivity contribution >= 4 is 6.09 Å². The Morgan fingerprint density at radius 1 is 1.37 bits per heavy atom. The number of amides is 1. The number of carbonyl (C=O) groups is 1. The van der Waals surface area contributed by atoms with E-state index in [1.807, 2.05) is 26.8 Å². The van der Waals surface area contributed by atoms with Crippen LogP contribution in [-0.2, 0) is 4.74 Å². The minimum absolute atomic E-state index is 0.153. The van der Waals surface area contributed by atoms with Gasteiger partial charge in [-0.05, 0) is 46.7 Å². The predicted molar refractivity (Wildman–Crippen MR) is 72.8 cm³/mol. The van der Waals surface area contributed by atoms with Crippen LogP contribution in [0.1, 0.15) is 33.6 Å². The number of nitrogens with one attached hydrogen (secondary N) is 2. The normalized spacial score (nSPS) is 29.5. The van der Waals surface area contributed by atoms with Gasteiger partial charge in [0.2, 0.25) is 0 Å². The Balaban J connectivity index is 2.02. The predicted octanol–water partition coefficient (Wildman–Crippen LogP) is 1.18. The van der Waals surface area contributed by atoms with Crippen molar-refractivity contribution in [2.75, 3.05) is 13.1 Å². The second-order valence-electron chi connectivity index (χ2n) is 6.44. The Hall–Kier alpha value is -1.07. The van der Waals surface area contributed by atoms with Gasteiger partial charge >= 0.3 is 6.09 Å². The summed E-state index contributed by atoms with van der Waals surface area (Å²) in [5.74, 6) is 0. The number of hydrogen-bond donors (Lipinski definition) is 3. The van der Waals surface area contributed by atoms with E-state index in [9.17, 15) is 9.90 Å². The van der Waals surface area contributed by atoms with E-state index in [0.717, 1.165) is 25.9 Å². The van der Waals surface area contributed by atoms with Gasteiger partial charge in [0.25, 0.3) is 0 Å². The molecule has 1 aliphatic heterocycles. The van der Waals surface area contributed by atoms with Crippen LogP contribution in [-0.4, -0.2) is 42.0 Å². The zero-order valence-electron chi connectivity index (χ0n) is 11.9. The molecule has 3 N–H and O–H groups in total. The molecule has 5 nitrogen and oxygen atoms in total. The van der Waals surface area contributed by atoms with Gasteiger partial charge in [-0.3, -0.25) is 0 Å². The molecule has 1 amide bonds. The molecule has 108 valence electrons. The Morgan fingerprint density at radius 3 is 2.58 bits per heavy atom. The van der Waals surface area contributed by atoms with Gasteiger partial charge in [0.1, 0.15) is 5.60 Å². The first-order chi connectivity index (χ1) is 8.83. The summed E-state index contributed by atoms with van der Waals surface area (Å²) in [7, 11) is 0. The summed E-state index contributed by atoms with van der Waals surface area (Å²) >= 11 is 0. The van der Waals surface area contributed by atoms with Crippen LogP contribution in [0.2, 0.25) is 0 Å². The number of piperidine rings is 1. The van der Waals surface area contributed by atoms with Gasteiger partial charge in [-0.1, -0.05) is 12.2 Å². The van der Waals surface area contributed by atoms with E-state index in [2.05, 4.69) is 10.6 Å². The van der Waals surface area contributed by atoms with Gasteiger partial charge < -0.3 is 20.5 Å². The standard InChI is InChI=1S/C14H24N2O3/c1-13(2,3)19-12(18)16-10-4-5-11(17)14(10)6-8-15-9-7-14/h4-5,10-11,15,17H,6-9H2,1-3H3,(H,16,18). The molecule has 5 heteroatoms. The minimum atomic E-state index is -0.508. The number of hydrogen-bond acceptors (Lipinski definition) is 4. The second kappa shape index (κ2) is 5.13. The summed E-state index contributed by atoms with van der Waals surface area (Å²) in [6.45, 7) is 7.25. The summed E-state index contributed by atoms with van der Waals surface area (Å²) in [4.78, 5) is 11.9. The van der Waals surface area contributed by atoms with E-state index in [1.54, 1.807) is 6.08 Å². The molecular formula is C14H24N2O3. The Bertz CT molecular complexity index is 367. The number of aliphatic hydroxyl groups is 1. The van der Waals surface area contributed by atoms with Crippen molar-refractivity contribution in [3.05, 3.63) is 12.2 Å². The van der Waals surface area contributed by atoms with Crippen molar-refractivity contribution in [1.82, 2.24) is 10.6 Å². The van der Waals surface area contributed by atoms with E-state index in [-0.39, 0.29) is 11.5 Å². The van der Waals surface area contributed by atoms with Crippen molar-refractivity contribution in [3.8, 4) is 0 Å². The lowest BCUT2D eigenvalue weighted by molar-refractivity contribution is 0.0160. The van der Waals surface area contributed by atoms with Crippen molar-refractivity contribution in [2.45, 2.75) is 51.4 Å². The molecule has 0 aromatic rings. The number of carbonyl (C=O) groups excluding carboxylic acids is 1. The molecule has 19 heavy (non-hydrogen) atoms. The molecule has 1 heterocycles. The largest absolute Gasteiger partial charge is 0.444 e. The van der Waals surface area contributed by atoms with Crippen molar-refractivity contribution in [3.63, 3.8) is 0 Å². The average molecular weight is 268 g/mol. The first-order valence-corrected chi connectivity index (χ1v) is 6.90. The van der Waals surface area contributed by atoms with Gasteiger partial charge in [-0.15, -0.1) is 0 Å². The van der Waals surface area contributed by atoms with Crippen LogP contribution in [0.4, 0.5) is 4.79 Å². The molecule has 1 fully saturated rings. The van der Waals surface area contributed by atoms with Crippen LogP contribution in [0.15, 0.2) is 12.2 Å². The fraction of sp³-hybridized carbons (Fsp3) is 0.786. The minimum Gasteiger partial charge on any atom is -0.444 e. The van der Waals surface area contributed by atoms with E-state index in [1.165, 1.54) is 0 Å². The van der Waals surface area contributed by atoms with Crippen LogP contribution in [0.5, 0.6) is 0 Å². The molecule has 0 saturated carbocycles. The lowest BCUT2D eigenvalue weighted by Crippen LogP contribution is -2.54. The summed E-state index contributed by atoms with van der Waals surface area (Å²) in [6, 6.07) is -0.153. The molecule has 1 spiro atoms.